The Balaban J connectivity index is 1.45. The van der Waals surface area contributed by atoms with Crippen LogP contribution in [0.5, 0.6) is 5.75 Å². The van der Waals surface area contributed by atoms with E-state index in [0.717, 1.165) is 49.4 Å². The van der Waals surface area contributed by atoms with Gasteiger partial charge in [0.2, 0.25) is 0 Å². The van der Waals surface area contributed by atoms with Crippen molar-refractivity contribution in [2.45, 2.75) is 51.9 Å². The molecule has 8 heteroatoms. The zero-order valence-corrected chi connectivity index (χ0v) is 20.6. The first kappa shape index (κ1) is 28.2. The molecule has 0 amide bonds. The highest BCUT2D eigenvalue weighted by Gasteiger charge is 2.12. The fourth-order valence-electron chi connectivity index (χ4n) is 3.34. The lowest BCUT2D eigenvalue weighted by atomic mass is 10.1. The van der Waals surface area contributed by atoms with Gasteiger partial charge in [0, 0.05) is 30.7 Å². The molecule has 3 N–H and O–H groups in total. The number of nitrogens with one attached hydrogen (secondary N) is 1. The normalized spacial score (nSPS) is 12.0. The van der Waals surface area contributed by atoms with Crippen molar-refractivity contribution in [1.29, 1.82) is 0 Å². The summed E-state index contributed by atoms with van der Waals surface area (Å²) in [6, 6.07) is 12.6. The quantitative estimate of drug-likeness (QED) is 0.173. The molecule has 0 heterocycles. The van der Waals surface area contributed by atoms with E-state index in [4.69, 9.17) is 25.8 Å². The predicted octanol–water partition coefficient (Wildman–Crippen LogP) is 4.17. The van der Waals surface area contributed by atoms with Crippen LogP contribution in [0, 0.1) is 0 Å². The third-order valence-electron chi connectivity index (χ3n) is 5.18. The number of aliphatic hydroxyl groups is 2. The van der Waals surface area contributed by atoms with Crippen molar-refractivity contribution < 1.29 is 29.2 Å². The van der Waals surface area contributed by atoms with Gasteiger partial charge in [-0.05, 0) is 54.8 Å². The number of ether oxygens (including phenoxy) is 3. The summed E-state index contributed by atoms with van der Waals surface area (Å²) in [5.74, 6) is -0.135. The van der Waals surface area contributed by atoms with Crippen molar-refractivity contribution in [3.05, 3.63) is 64.2 Å². The molecule has 0 bridgehead atoms. The highest BCUT2D eigenvalue weighted by molar-refractivity contribution is 6.30. The van der Waals surface area contributed by atoms with E-state index in [-0.39, 0.29) is 6.61 Å². The number of esters is 1. The molecule has 0 spiro atoms. The third kappa shape index (κ3) is 11.4. The van der Waals surface area contributed by atoms with E-state index in [9.17, 15) is 15.0 Å². The van der Waals surface area contributed by atoms with E-state index >= 15 is 0 Å². The standard InChI is InChI=1S/C26H36ClNO6/c1-20(30)34-26-11-8-22(16-23(26)18-29)25(31)17-28-12-4-2-3-5-13-32-14-15-33-19-21-6-9-24(27)10-7-21/h6-11,16,25,28-29,31H,2-5,12-15,17-19H2,1H3. The van der Waals surface area contributed by atoms with Gasteiger partial charge in [-0.2, -0.15) is 0 Å². The summed E-state index contributed by atoms with van der Waals surface area (Å²) in [4.78, 5) is 11.1. The van der Waals surface area contributed by atoms with Crippen LogP contribution in [-0.2, 0) is 27.5 Å². The Morgan fingerprint density at radius 2 is 1.74 bits per heavy atom. The van der Waals surface area contributed by atoms with Crippen molar-refractivity contribution in [3.63, 3.8) is 0 Å². The van der Waals surface area contributed by atoms with Crippen LogP contribution in [0.2, 0.25) is 5.02 Å². The maximum Gasteiger partial charge on any atom is 0.308 e. The Hall–Kier alpha value is -2.00. The molecular weight excluding hydrogens is 458 g/mol. The number of hydrogen-bond donors (Lipinski definition) is 3. The second-order valence-electron chi connectivity index (χ2n) is 8.04. The van der Waals surface area contributed by atoms with Gasteiger partial charge in [0.15, 0.2) is 0 Å². The second-order valence-corrected chi connectivity index (χ2v) is 8.48. The fourth-order valence-corrected chi connectivity index (χ4v) is 3.47. The summed E-state index contributed by atoms with van der Waals surface area (Å²) in [6.07, 6.45) is 3.51. The SMILES string of the molecule is CC(=O)Oc1ccc(C(O)CNCCCCCCOCCOCc2ccc(Cl)cc2)cc1CO. The van der Waals surface area contributed by atoms with Crippen LogP contribution in [0.3, 0.4) is 0 Å². The van der Waals surface area contributed by atoms with Gasteiger partial charge in [-0.25, -0.2) is 0 Å². The largest absolute Gasteiger partial charge is 0.426 e. The highest BCUT2D eigenvalue weighted by atomic mass is 35.5. The second kappa shape index (κ2) is 16.6. The zero-order chi connectivity index (χ0) is 24.6. The number of benzene rings is 2. The Morgan fingerprint density at radius 1 is 1.00 bits per heavy atom. The lowest BCUT2D eigenvalue weighted by Crippen LogP contribution is -2.22. The molecule has 2 aromatic carbocycles. The summed E-state index contributed by atoms with van der Waals surface area (Å²) in [6.45, 7) is 4.72. The van der Waals surface area contributed by atoms with Crippen LogP contribution in [-0.4, -0.2) is 49.1 Å². The molecule has 0 aromatic heterocycles. The Morgan fingerprint density at radius 3 is 2.47 bits per heavy atom. The number of rotatable bonds is 17. The van der Waals surface area contributed by atoms with Crippen LogP contribution in [0.4, 0.5) is 0 Å². The monoisotopic (exact) mass is 493 g/mol. The number of unbranched alkanes of at least 4 members (excludes halogenated alkanes) is 3. The summed E-state index contributed by atoms with van der Waals surface area (Å²) in [7, 11) is 0. The highest BCUT2D eigenvalue weighted by Crippen LogP contribution is 2.24. The molecule has 188 valence electrons. The fraction of sp³-hybridized carbons (Fsp3) is 0.500. The maximum atomic E-state index is 11.1. The minimum Gasteiger partial charge on any atom is -0.426 e. The van der Waals surface area contributed by atoms with Crippen molar-refractivity contribution in [2.75, 3.05) is 32.9 Å². The molecule has 1 atom stereocenters. The summed E-state index contributed by atoms with van der Waals surface area (Å²) in [5.41, 5.74) is 2.24. The van der Waals surface area contributed by atoms with Crippen molar-refractivity contribution in [1.82, 2.24) is 5.32 Å². The molecule has 1 unspecified atom stereocenters. The van der Waals surface area contributed by atoms with Crippen molar-refractivity contribution in [3.8, 4) is 5.75 Å². The minimum absolute atomic E-state index is 0.267. The van der Waals surface area contributed by atoms with E-state index in [1.54, 1.807) is 18.2 Å². The molecule has 7 nitrogen and oxygen atoms in total. The van der Waals surface area contributed by atoms with Gasteiger partial charge in [-0.1, -0.05) is 42.6 Å². The van der Waals surface area contributed by atoms with Crippen LogP contribution >= 0.6 is 11.6 Å². The van der Waals surface area contributed by atoms with Crippen molar-refractivity contribution in [2.24, 2.45) is 0 Å². The maximum absolute atomic E-state index is 11.1. The van der Waals surface area contributed by atoms with Gasteiger partial charge < -0.3 is 29.7 Å². The van der Waals surface area contributed by atoms with Gasteiger partial charge in [0.05, 0.1) is 32.5 Å². The number of hydrogen-bond acceptors (Lipinski definition) is 7. The van der Waals surface area contributed by atoms with Gasteiger partial charge in [-0.3, -0.25) is 4.79 Å². The van der Waals surface area contributed by atoms with Crippen LogP contribution < -0.4 is 10.1 Å². The predicted molar refractivity (Wildman–Crippen MR) is 132 cm³/mol. The Labute approximate surface area is 207 Å². The molecule has 0 radical (unpaired) electrons. The van der Waals surface area contributed by atoms with Gasteiger partial charge in [-0.15, -0.1) is 0 Å². The lowest BCUT2D eigenvalue weighted by molar-refractivity contribution is -0.131. The minimum atomic E-state index is -0.702. The lowest BCUT2D eigenvalue weighted by Gasteiger charge is -2.15. The van der Waals surface area contributed by atoms with Crippen LogP contribution in [0.25, 0.3) is 0 Å². The van der Waals surface area contributed by atoms with E-state index < -0.39 is 12.1 Å². The number of carbonyl (C=O) groups is 1. The molecule has 2 rings (SSSR count). The molecular formula is C26H36ClNO6. The Kier molecular flexibility index (Phi) is 13.8. The topological polar surface area (TPSA) is 97.3 Å². The van der Waals surface area contributed by atoms with Crippen LogP contribution in [0.15, 0.2) is 42.5 Å². The summed E-state index contributed by atoms with van der Waals surface area (Å²) < 4.78 is 16.2. The van der Waals surface area contributed by atoms with E-state index in [1.807, 2.05) is 24.3 Å². The zero-order valence-electron chi connectivity index (χ0n) is 19.8. The molecule has 0 aliphatic rings. The van der Waals surface area contributed by atoms with E-state index in [2.05, 4.69) is 5.32 Å². The molecule has 0 saturated heterocycles. The molecule has 2 aromatic rings. The molecule has 0 aliphatic carbocycles. The first-order valence-electron chi connectivity index (χ1n) is 11.7. The molecule has 34 heavy (non-hydrogen) atoms. The third-order valence-corrected chi connectivity index (χ3v) is 5.43. The van der Waals surface area contributed by atoms with E-state index in [0.29, 0.717) is 43.2 Å². The van der Waals surface area contributed by atoms with Gasteiger partial charge in [0.1, 0.15) is 5.75 Å². The average Bonchev–Trinajstić information content (AvgIpc) is 2.83. The Bertz CT molecular complexity index is 846. The van der Waals surface area contributed by atoms with Crippen molar-refractivity contribution >= 4 is 17.6 Å². The first-order chi connectivity index (χ1) is 16.5. The molecule has 0 fully saturated rings. The first-order valence-corrected chi connectivity index (χ1v) is 12.1. The summed E-state index contributed by atoms with van der Waals surface area (Å²) in [5, 5.41) is 23.8. The van der Waals surface area contributed by atoms with Gasteiger partial charge >= 0.3 is 5.97 Å². The average molecular weight is 494 g/mol. The number of carbonyl (C=O) groups excluding carboxylic acids is 1. The molecule has 0 aliphatic heterocycles. The smallest absolute Gasteiger partial charge is 0.308 e. The van der Waals surface area contributed by atoms with Gasteiger partial charge in [0.25, 0.3) is 0 Å². The van der Waals surface area contributed by atoms with E-state index in [1.165, 1.54) is 6.92 Å². The number of aliphatic hydroxyl groups excluding tert-OH is 2. The molecule has 0 saturated carbocycles. The summed E-state index contributed by atoms with van der Waals surface area (Å²) >= 11 is 5.86. The number of halogens is 1. The van der Waals surface area contributed by atoms with Crippen LogP contribution in [0.1, 0.15) is 55.4 Å².